The number of aryl methyl sites for hydroxylation is 2. The van der Waals surface area contributed by atoms with Crippen LogP contribution in [0, 0.1) is 0 Å². The van der Waals surface area contributed by atoms with Crippen LogP contribution in [0.4, 0.5) is 0 Å². The van der Waals surface area contributed by atoms with E-state index in [1.807, 2.05) is 54.6 Å². The molecule has 0 aliphatic carbocycles. The summed E-state index contributed by atoms with van der Waals surface area (Å²) >= 11 is 0. The summed E-state index contributed by atoms with van der Waals surface area (Å²) in [5.41, 5.74) is 4.80. The molecular formula is C23H19NO3. The van der Waals surface area contributed by atoms with Gasteiger partial charge in [-0.25, -0.2) is 0 Å². The van der Waals surface area contributed by atoms with Crippen molar-refractivity contribution in [2.75, 3.05) is 0 Å². The molecule has 0 bridgehead atoms. The monoisotopic (exact) mass is 357 g/mol. The molecule has 0 aliphatic rings. The summed E-state index contributed by atoms with van der Waals surface area (Å²) < 4.78 is 5.72. The lowest BCUT2D eigenvalue weighted by atomic mass is 9.96. The number of aromatic hydroxyl groups is 2. The third-order valence-corrected chi connectivity index (χ3v) is 4.54. The van der Waals surface area contributed by atoms with Crippen molar-refractivity contribution in [3.8, 4) is 33.9 Å². The molecule has 0 atom stereocenters. The first-order valence-corrected chi connectivity index (χ1v) is 8.82. The molecule has 0 saturated heterocycles. The first kappa shape index (κ1) is 16.9. The number of benzene rings is 3. The minimum absolute atomic E-state index is 0.219. The number of phenolic OH excluding ortho intramolecular Hbond substituents is 2. The van der Waals surface area contributed by atoms with E-state index in [1.165, 1.54) is 0 Å². The zero-order valence-electron chi connectivity index (χ0n) is 14.7. The van der Waals surface area contributed by atoms with Gasteiger partial charge in [-0.1, -0.05) is 47.6 Å². The van der Waals surface area contributed by atoms with Crippen LogP contribution in [0.5, 0.6) is 11.5 Å². The summed E-state index contributed by atoms with van der Waals surface area (Å²) in [7, 11) is 0. The van der Waals surface area contributed by atoms with Crippen LogP contribution in [0.25, 0.3) is 22.4 Å². The molecule has 4 heteroatoms. The van der Waals surface area contributed by atoms with Crippen molar-refractivity contribution < 1.29 is 14.7 Å². The first-order valence-electron chi connectivity index (χ1n) is 8.82. The van der Waals surface area contributed by atoms with Gasteiger partial charge in [-0.05, 0) is 53.9 Å². The number of rotatable bonds is 5. The van der Waals surface area contributed by atoms with E-state index in [9.17, 15) is 10.2 Å². The van der Waals surface area contributed by atoms with Crippen molar-refractivity contribution in [3.05, 3.63) is 90.2 Å². The van der Waals surface area contributed by atoms with Crippen LogP contribution in [-0.4, -0.2) is 15.4 Å². The third-order valence-electron chi connectivity index (χ3n) is 4.54. The van der Waals surface area contributed by atoms with Gasteiger partial charge in [-0.3, -0.25) is 0 Å². The second kappa shape index (κ2) is 7.38. The van der Waals surface area contributed by atoms with E-state index in [2.05, 4.69) is 5.16 Å². The molecule has 134 valence electrons. The van der Waals surface area contributed by atoms with E-state index in [0.29, 0.717) is 6.42 Å². The summed E-state index contributed by atoms with van der Waals surface area (Å²) in [5.74, 6) is 1.30. The molecule has 4 aromatic rings. The Morgan fingerprint density at radius 1 is 0.667 bits per heavy atom. The highest BCUT2D eigenvalue weighted by molar-refractivity contribution is 5.82. The van der Waals surface area contributed by atoms with Crippen LogP contribution in [0.15, 0.2) is 83.4 Å². The SMILES string of the molecule is Oc1ccc(CCc2onc(-c3ccc(O)cc3)c2-c2ccccc2)cc1. The van der Waals surface area contributed by atoms with Crippen molar-refractivity contribution in [2.24, 2.45) is 0 Å². The highest BCUT2D eigenvalue weighted by atomic mass is 16.5. The molecule has 0 fully saturated rings. The fourth-order valence-electron chi connectivity index (χ4n) is 3.13. The maximum Gasteiger partial charge on any atom is 0.145 e. The van der Waals surface area contributed by atoms with Crippen molar-refractivity contribution >= 4 is 0 Å². The lowest BCUT2D eigenvalue weighted by Gasteiger charge is -2.06. The molecule has 3 aromatic carbocycles. The van der Waals surface area contributed by atoms with Crippen LogP contribution in [0.2, 0.25) is 0 Å². The second-order valence-electron chi connectivity index (χ2n) is 6.41. The fraction of sp³-hybridized carbons (Fsp3) is 0.0870. The van der Waals surface area contributed by atoms with Crippen LogP contribution < -0.4 is 0 Å². The quantitative estimate of drug-likeness (QED) is 0.515. The molecule has 0 radical (unpaired) electrons. The number of nitrogens with zero attached hydrogens (tertiary/aromatic N) is 1. The molecular weight excluding hydrogens is 338 g/mol. The lowest BCUT2D eigenvalue weighted by molar-refractivity contribution is 0.386. The molecule has 0 amide bonds. The zero-order valence-corrected chi connectivity index (χ0v) is 14.7. The number of phenols is 2. The van der Waals surface area contributed by atoms with Gasteiger partial charge in [0, 0.05) is 12.0 Å². The highest BCUT2D eigenvalue weighted by Gasteiger charge is 2.19. The molecule has 2 N–H and O–H groups in total. The number of hydrogen-bond donors (Lipinski definition) is 2. The van der Waals surface area contributed by atoms with Gasteiger partial charge in [0.1, 0.15) is 23.0 Å². The van der Waals surface area contributed by atoms with E-state index >= 15 is 0 Å². The Labute approximate surface area is 157 Å². The lowest BCUT2D eigenvalue weighted by Crippen LogP contribution is -1.92. The van der Waals surface area contributed by atoms with Crippen molar-refractivity contribution in [1.29, 1.82) is 0 Å². The van der Waals surface area contributed by atoms with E-state index < -0.39 is 0 Å². The Kier molecular flexibility index (Phi) is 4.62. The number of aromatic nitrogens is 1. The van der Waals surface area contributed by atoms with Gasteiger partial charge in [0.25, 0.3) is 0 Å². The summed E-state index contributed by atoms with van der Waals surface area (Å²) in [6, 6.07) is 24.2. The molecule has 27 heavy (non-hydrogen) atoms. The van der Waals surface area contributed by atoms with Crippen molar-refractivity contribution in [3.63, 3.8) is 0 Å². The van der Waals surface area contributed by atoms with E-state index in [1.54, 1.807) is 24.3 Å². The normalized spacial score (nSPS) is 10.8. The van der Waals surface area contributed by atoms with Gasteiger partial charge in [-0.2, -0.15) is 0 Å². The second-order valence-corrected chi connectivity index (χ2v) is 6.41. The fourth-order valence-corrected chi connectivity index (χ4v) is 3.13. The maximum atomic E-state index is 9.56. The smallest absolute Gasteiger partial charge is 0.145 e. The third kappa shape index (κ3) is 3.70. The molecule has 4 nitrogen and oxygen atoms in total. The maximum absolute atomic E-state index is 9.56. The average molecular weight is 357 g/mol. The molecule has 0 spiro atoms. The minimum Gasteiger partial charge on any atom is -0.508 e. The summed E-state index contributed by atoms with van der Waals surface area (Å²) in [6.45, 7) is 0. The Balaban J connectivity index is 1.71. The van der Waals surface area contributed by atoms with Crippen LogP contribution in [-0.2, 0) is 12.8 Å². The van der Waals surface area contributed by atoms with Gasteiger partial charge >= 0.3 is 0 Å². The Morgan fingerprint density at radius 2 is 1.30 bits per heavy atom. The summed E-state index contributed by atoms with van der Waals surface area (Å²) in [6.07, 6.45) is 1.48. The van der Waals surface area contributed by atoms with E-state index in [0.717, 1.165) is 40.1 Å². The standard InChI is InChI=1S/C23H19NO3/c25-19-11-6-16(7-12-19)8-15-21-22(17-4-2-1-3-5-17)23(24-27-21)18-9-13-20(26)14-10-18/h1-7,9-14,25-26H,8,15H2. The van der Waals surface area contributed by atoms with Gasteiger partial charge < -0.3 is 14.7 Å². The molecule has 1 heterocycles. The van der Waals surface area contributed by atoms with Gasteiger partial charge in [0.05, 0.1) is 5.56 Å². The Bertz CT molecular complexity index is 1020. The molecule has 0 unspecified atom stereocenters. The average Bonchev–Trinajstić information content (AvgIpc) is 3.13. The molecule has 4 rings (SSSR count). The van der Waals surface area contributed by atoms with Gasteiger partial charge in [-0.15, -0.1) is 0 Å². The van der Waals surface area contributed by atoms with Crippen LogP contribution in [0.1, 0.15) is 11.3 Å². The molecule has 0 aliphatic heterocycles. The van der Waals surface area contributed by atoms with E-state index in [-0.39, 0.29) is 11.5 Å². The molecule has 1 aromatic heterocycles. The minimum atomic E-state index is 0.219. The largest absolute Gasteiger partial charge is 0.508 e. The Hall–Kier alpha value is -3.53. The predicted octanol–water partition coefficient (Wildman–Crippen LogP) is 5.21. The van der Waals surface area contributed by atoms with Crippen molar-refractivity contribution in [2.45, 2.75) is 12.8 Å². The predicted molar refractivity (Wildman–Crippen MR) is 105 cm³/mol. The Morgan fingerprint density at radius 3 is 1.96 bits per heavy atom. The van der Waals surface area contributed by atoms with Gasteiger partial charge in [0.2, 0.25) is 0 Å². The highest BCUT2D eigenvalue weighted by Crippen LogP contribution is 2.35. The first-order chi connectivity index (χ1) is 13.2. The van der Waals surface area contributed by atoms with Crippen LogP contribution in [0.3, 0.4) is 0 Å². The van der Waals surface area contributed by atoms with Crippen molar-refractivity contribution in [1.82, 2.24) is 5.16 Å². The molecule has 0 saturated carbocycles. The number of hydrogen-bond acceptors (Lipinski definition) is 4. The topological polar surface area (TPSA) is 66.5 Å². The van der Waals surface area contributed by atoms with E-state index in [4.69, 9.17) is 4.52 Å². The summed E-state index contributed by atoms with van der Waals surface area (Å²) in [5, 5.41) is 23.3. The van der Waals surface area contributed by atoms with Crippen LogP contribution >= 0.6 is 0 Å². The summed E-state index contributed by atoms with van der Waals surface area (Å²) in [4.78, 5) is 0. The zero-order chi connectivity index (χ0) is 18.6. The van der Waals surface area contributed by atoms with Gasteiger partial charge in [0.15, 0.2) is 0 Å².